The Kier molecular flexibility index (Phi) is 7.36. The van der Waals surface area contributed by atoms with E-state index in [4.69, 9.17) is 18.9 Å². The molecular formula is C21H24N4O5. The van der Waals surface area contributed by atoms with Crippen molar-refractivity contribution in [3.63, 3.8) is 0 Å². The zero-order valence-corrected chi connectivity index (χ0v) is 17.1. The van der Waals surface area contributed by atoms with Gasteiger partial charge in [0.2, 0.25) is 5.91 Å². The number of hydrogen-bond acceptors (Lipinski definition) is 7. The summed E-state index contributed by atoms with van der Waals surface area (Å²) in [5.74, 6) is 1.02. The van der Waals surface area contributed by atoms with Gasteiger partial charge in [-0.25, -0.2) is 4.68 Å². The van der Waals surface area contributed by atoms with E-state index >= 15 is 0 Å². The number of nitrogens with one attached hydrogen (secondary N) is 1. The van der Waals surface area contributed by atoms with Gasteiger partial charge in [-0.2, -0.15) is 4.98 Å². The van der Waals surface area contributed by atoms with E-state index < -0.39 is 0 Å². The maximum absolute atomic E-state index is 11.9. The molecule has 0 atom stereocenters. The first-order chi connectivity index (χ1) is 14.6. The van der Waals surface area contributed by atoms with Crippen LogP contribution in [0.15, 0.2) is 48.5 Å². The summed E-state index contributed by atoms with van der Waals surface area (Å²) in [6.45, 7) is 0.718. The van der Waals surface area contributed by atoms with Crippen LogP contribution >= 0.6 is 0 Å². The van der Waals surface area contributed by atoms with Crippen LogP contribution in [0.1, 0.15) is 0 Å². The molecular weight excluding hydrogens is 388 g/mol. The average molecular weight is 412 g/mol. The molecule has 0 spiro atoms. The Morgan fingerprint density at radius 2 is 1.87 bits per heavy atom. The fourth-order valence-corrected chi connectivity index (χ4v) is 2.74. The van der Waals surface area contributed by atoms with Crippen LogP contribution in [0.3, 0.4) is 0 Å². The van der Waals surface area contributed by atoms with Gasteiger partial charge in [0.25, 0.3) is 0 Å². The minimum atomic E-state index is -0.246. The van der Waals surface area contributed by atoms with E-state index in [9.17, 15) is 4.79 Å². The minimum Gasteiger partial charge on any atom is -0.497 e. The first-order valence-corrected chi connectivity index (χ1v) is 9.27. The second-order valence-electron chi connectivity index (χ2n) is 6.23. The van der Waals surface area contributed by atoms with Crippen LogP contribution in [-0.2, 0) is 14.3 Å². The normalized spacial score (nSPS) is 10.6. The number of methoxy groups -OCH3 is 3. The van der Waals surface area contributed by atoms with E-state index in [2.05, 4.69) is 15.4 Å². The molecule has 1 heterocycles. The van der Waals surface area contributed by atoms with Crippen LogP contribution in [0.2, 0.25) is 0 Å². The molecule has 0 aliphatic rings. The highest BCUT2D eigenvalue weighted by atomic mass is 16.5. The molecule has 3 aromatic rings. The van der Waals surface area contributed by atoms with Crippen molar-refractivity contribution in [2.24, 2.45) is 0 Å². The quantitative estimate of drug-likeness (QED) is 0.511. The molecule has 0 bridgehead atoms. The average Bonchev–Trinajstić information content (AvgIpc) is 3.19. The summed E-state index contributed by atoms with van der Waals surface area (Å²) in [6, 6.07) is 15.0. The first-order valence-electron chi connectivity index (χ1n) is 9.27. The van der Waals surface area contributed by atoms with E-state index in [1.807, 2.05) is 36.4 Å². The molecule has 0 aliphatic carbocycles. The van der Waals surface area contributed by atoms with Crippen molar-refractivity contribution < 1.29 is 23.7 Å². The summed E-state index contributed by atoms with van der Waals surface area (Å²) in [5.41, 5.74) is 2.12. The maximum atomic E-state index is 11.9. The van der Waals surface area contributed by atoms with Crippen LogP contribution in [0, 0.1) is 0 Å². The third-order valence-corrected chi connectivity index (χ3v) is 4.08. The van der Waals surface area contributed by atoms with E-state index in [1.165, 1.54) is 7.11 Å². The van der Waals surface area contributed by atoms with E-state index in [0.717, 1.165) is 5.56 Å². The Morgan fingerprint density at radius 1 is 1.03 bits per heavy atom. The number of nitrogens with zero attached hydrogens (tertiary/aromatic N) is 3. The Bertz CT molecular complexity index is 989. The lowest BCUT2D eigenvalue weighted by molar-refractivity contribution is -0.119. The summed E-state index contributed by atoms with van der Waals surface area (Å²) < 4.78 is 22.5. The Balaban J connectivity index is 1.98. The lowest BCUT2D eigenvalue weighted by Gasteiger charge is -2.09. The Labute approximate surface area is 174 Å². The molecule has 0 unspecified atom stereocenters. The second-order valence-corrected chi connectivity index (χ2v) is 6.23. The maximum Gasteiger partial charge on any atom is 0.336 e. The zero-order valence-electron chi connectivity index (χ0n) is 17.1. The molecule has 0 fully saturated rings. The summed E-state index contributed by atoms with van der Waals surface area (Å²) in [4.78, 5) is 16.4. The van der Waals surface area contributed by atoms with Crippen molar-refractivity contribution in [1.29, 1.82) is 0 Å². The van der Waals surface area contributed by atoms with Crippen LogP contribution in [0.25, 0.3) is 17.1 Å². The molecule has 0 radical (unpaired) electrons. The number of amides is 1. The van der Waals surface area contributed by atoms with Gasteiger partial charge in [0.05, 0.1) is 19.4 Å². The number of ether oxygens (including phenoxy) is 4. The first kappa shape index (κ1) is 21.3. The van der Waals surface area contributed by atoms with Gasteiger partial charge in [0.15, 0.2) is 5.82 Å². The molecule has 30 heavy (non-hydrogen) atoms. The fraction of sp³-hybridized carbons (Fsp3) is 0.286. The van der Waals surface area contributed by atoms with Gasteiger partial charge in [-0.3, -0.25) is 4.79 Å². The standard InChI is InChI=1S/C21H24N4O5/c1-27-10-11-30-21-23-20(15-6-4-9-18(12-15)29-3)25(24-21)17-8-5-7-16(13-17)22-19(26)14-28-2/h4-9,12-13H,10-11,14H2,1-3H3,(H,22,26). The van der Waals surface area contributed by atoms with Crippen LogP contribution in [-0.4, -0.2) is 61.8 Å². The molecule has 2 aromatic carbocycles. The summed E-state index contributed by atoms with van der Waals surface area (Å²) in [6.07, 6.45) is 0. The Morgan fingerprint density at radius 3 is 2.63 bits per heavy atom. The highest BCUT2D eigenvalue weighted by Crippen LogP contribution is 2.27. The highest BCUT2D eigenvalue weighted by molar-refractivity contribution is 5.91. The van der Waals surface area contributed by atoms with Gasteiger partial charge in [0.1, 0.15) is 19.0 Å². The van der Waals surface area contributed by atoms with E-state index in [-0.39, 0.29) is 18.5 Å². The van der Waals surface area contributed by atoms with Crippen molar-refractivity contribution in [1.82, 2.24) is 14.8 Å². The molecule has 0 aliphatic heterocycles. The third-order valence-electron chi connectivity index (χ3n) is 4.08. The van der Waals surface area contributed by atoms with E-state index in [0.29, 0.717) is 36.2 Å². The number of anilines is 1. The predicted molar refractivity (Wildman–Crippen MR) is 111 cm³/mol. The molecule has 9 nitrogen and oxygen atoms in total. The second kappa shape index (κ2) is 10.4. The zero-order chi connectivity index (χ0) is 21.3. The minimum absolute atomic E-state index is 0.0277. The molecule has 3 rings (SSSR count). The third kappa shape index (κ3) is 5.34. The number of hydrogen-bond donors (Lipinski definition) is 1. The fourth-order valence-electron chi connectivity index (χ4n) is 2.74. The molecule has 1 N–H and O–H groups in total. The number of benzene rings is 2. The van der Waals surface area contributed by atoms with E-state index in [1.54, 1.807) is 31.0 Å². The molecule has 1 amide bonds. The smallest absolute Gasteiger partial charge is 0.336 e. The topological polar surface area (TPSA) is 96.7 Å². The number of rotatable bonds is 10. The van der Waals surface area contributed by atoms with Crippen molar-refractivity contribution in [3.8, 4) is 28.8 Å². The summed E-state index contributed by atoms with van der Waals surface area (Å²) in [5, 5.41) is 7.28. The SMILES string of the molecule is COCCOc1nc(-c2cccc(OC)c2)n(-c2cccc(NC(=O)COC)c2)n1. The number of carbonyl (C=O) groups is 1. The van der Waals surface area contributed by atoms with Gasteiger partial charge < -0.3 is 24.3 Å². The predicted octanol–water partition coefficient (Wildman–Crippen LogP) is 2.55. The largest absolute Gasteiger partial charge is 0.497 e. The summed E-state index contributed by atoms with van der Waals surface area (Å²) >= 11 is 0. The van der Waals surface area contributed by atoms with Crippen molar-refractivity contribution >= 4 is 11.6 Å². The number of carbonyl (C=O) groups excluding carboxylic acids is 1. The lowest BCUT2D eigenvalue weighted by Crippen LogP contribution is -2.17. The Hall–Kier alpha value is -3.43. The monoisotopic (exact) mass is 412 g/mol. The van der Waals surface area contributed by atoms with Gasteiger partial charge in [-0.05, 0) is 30.3 Å². The van der Waals surface area contributed by atoms with Crippen LogP contribution in [0.5, 0.6) is 11.8 Å². The molecule has 0 saturated carbocycles. The van der Waals surface area contributed by atoms with Gasteiger partial charge in [-0.1, -0.05) is 18.2 Å². The number of aromatic nitrogens is 3. The van der Waals surface area contributed by atoms with Crippen molar-refractivity contribution in [3.05, 3.63) is 48.5 Å². The van der Waals surface area contributed by atoms with Gasteiger partial charge in [-0.15, -0.1) is 5.10 Å². The molecule has 0 saturated heterocycles. The van der Waals surface area contributed by atoms with Crippen LogP contribution in [0.4, 0.5) is 5.69 Å². The summed E-state index contributed by atoms with van der Waals surface area (Å²) in [7, 11) is 4.67. The lowest BCUT2D eigenvalue weighted by atomic mass is 10.2. The molecule has 158 valence electrons. The molecule has 1 aromatic heterocycles. The van der Waals surface area contributed by atoms with Gasteiger partial charge >= 0.3 is 6.01 Å². The highest BCUT2D eigenvalue weighted by Gasteiger charge is 2.16. The van der Waals surface area contributed by atoms with Crippen LogP contribution < -0.4 is 14.8 Å². The molecule has 9 heteroatoms. The van der Waals surface area contributed by atoms with Gasteiger partial charge in [0, 0.05) is 25.5 Å². The van der Waals surface area contributed by atoms with Crippen molar-refractivity contribution in [2.45, 2.75) is 0 Å². The van der Waals surface area contributed by atoms with Crippen molar-refractivity contribution in [2.75, 3.05) is 46.5 Å².